The van der Waals surface area contributed by atoms with E-state index in [0.29, 0.717) is 22.8 Å². The van der Waals surface area contributed by atoms with Crippen molar-refractivity contribution in [2.45, 2.75) is 24.9 Å². The van der Waals surface area contributed by atoms with Crippen LogP contribution in [0.25, 0.3) is 11.1 Å². The number of hydrogen-bond acceptors (Lipinski definition) is 7. The first kappa shape index (κ1) is 37.0. The van der Waals surface area contributed by atoms with Crippen molar-refractivity contribution in [3.8, 4) is 28.4 Å². The smallest absolute Gasteiger partial charge is 0.407 e. The molecule has 2 unspecified atom stereocenters. The predicted molar refractivity (Wildman–Crippen MR) is 214 cm³/mol. The van der Waals surface area contributed by atoms with E-state index in [1.807, 2.05) is 66.7 Å². The standard InChI is InChI=1S/C47H44N2O6/c1-31-17-19-33(20-18-31)45(32-11-5-4-6-12-32)48-28-35(50)29-54-36-23-21-34(22-24-36)46(42-26-25-37(52-2)27-44(42)53-3)49-47(51)55-30-43-40-15-9-7-13-38(40)39-14-8-10-16-41(39)43/h4-27,43,45-46,48H,28-30H2,1-3H3,(H,49,51). The summed E-state index contributed by atoms with van der Waals surface area (Å²) in [6.45, 7) is 2.27. The molecule has 6 aromatic rings. The number of alkyl carbamates (subject to hydrolysis) is 1. The highest BCUT2D eigenvalue weighted by molar-refractivity contribution is 5.82. The minimum atomic E-state index is -0.631. The van der Waals surface area contributed by atoms with Crippen LogP contribution in [0.3, 0.4) is 0 Å². The Morgan fingerprint density at radius 2 is 1.22 bits per heavy atom. The summed E-state index contributed by atoms with van der Waals surface area (Å²) in [5, 5.41) is 6.50. The number of fused-ring (bicyclic) bond motifs is 3. The molecule has 7 rings (SSSR count). The molecule has 0 fully saturated rings. The molecule has 2 atom stereocenters. The number of amides is 1. The number of benzene rings is 6. The van der Waals surface area contributed by atoms with Crippen LogP contribution >= 0.6 is 0 Å². The molecular weight excluding hydrogens is 689 g/mol. The molecule has 0 aromatic heterocycles. The van der Waals surface area contributed by atoms with Crippen molar-refractivity contribution in [2.24, 2.45) is 0 Å². The summed E-state index contributed by atoms with van der Waals surface area (Å²) in [5.74, 6) is 1.53. The third-order valence-corrected chi connectivity index (χ3v) is 10.0. The number of carbonyl (C=O) groups excluding carboxylic acids is 2. The number of ketones is 1. The molecule has 0 spiro atoms. The molecule has 2 N–H and O–H groups in total. The average molecular weight is 733 g/mol. The van der Waals surface area contributed by atoms with Crippen LogP contribution in [-0.4, -0.2) is 45.9 Å². The fourth-order valence-electron chi connectivity index (χ4n) is 7.18. The van der Waals surface area contributed by atoms with E-state index in [0.717, 1.165) is 38.9 Å². The summed E-state index contributed by atoms with van der Waals surface area (Å²) >= 11 is 0. The van der Waals surface area contributed by atoms with E-state index in [1.165, 1.54) is 5.56 Å². The van der Waals surface area contributed by atoms with E-state index in [4.69, 9.17) is 18.9 Å². The summed E-state index contributed by atoms with van der Waals surface area (Å²) in [4.78, 5) is 26.6. The summed E-state index contributed by atoms with van der Waals surface area (Å²) < 4.78 is 23.0. The molecule has 6 aromatic carbocycles. The molecule has 0 saturated carbocycles. The van der Waals surface area contributed by atoms with Crippen LogP contribution in [0.5, 0.6) is 17.2 Å². The Balaban J connectivity index is 1.03. The fraction of sp³-hybridized carbons (Fsp3) is 0.191. The second-order valence-corrected chi connectivity index (χ2v) is 13.5. The molecule has 8 heteroatoms. The fourth-order valence-corrected chi connectivity index (χ4v) is 7.18. The van der Waals surface area contributed by atoms with Gasteiger partial charge in [0.25, 0.3) is 0 Å². The van der Waals surface area contributed by atoms with Gasteiger partial charge in [0, 0.05) is 17.5 Å². The van der Waals surface area contributed by atoms with Crippen molar-refractivity contribution in [3.63, 3.8) is 0 Å². The van der Waals surface area contributed by atoms with E-state index in [9.17, 15) is 9.59 Å². The lowest BCUT2D eigenvalue weighted by atomic mass is 9.97. The van der Waals surface area contributed by atoms with Gasteiger partial charge in [-0.2, -0.15) is 0 Å². The number of methoxy groups -OCH3 is 2. The lowest BCUT2D eigenvalue weighted by molar-refractivity contribution is -0.120. The number of Topliss-reactive ketones (excluding diaryl/α,β-unsaturated/α-hetero) is 1. The number of nitrogens with one attached hydrogen (secondary N) is 2. The summed E-state index contributed by atoms with van der Waals surface area (Å²) in [5.41, 5.74) is 9.40. The van der Waals surface area contributed by atoms with Gasteiger partial charge in [0.2, 0.25) is 0 Å². The van der Waals surface area contributed by atoms with Crippen molar-refractivity contribution in [3.05, 3.63) is 185 Å². The summed E-state index contributed by atoms with van der Waals surface area (Å²) in [7, 11) is 3.17. The van der Waals surface area contributed by atoms with Crippen molar-refractivity contribution < 1.29 is 28.5 Å². The molecular formula is C47H44N2O6. The monoisotopic (exact) mass is 732 g/mol. The Kier molecular flexibility index (Phi) is 11.5. The van der Waals surface area contributed by atoms with Crippen LogP contribution in [0, 0.1) is 6.92 Å². The van der Waals surface area contributed by atoms with Crippen LogP contribution in [0.15, 0.2) is 146 Å². The molecule has 1 aliphatic rings. The maximum Gasteiger partial charge on any atom is 0.407 e. The van der Waals surface area contributed by atoms with Gasteiger partial charge in [-0.15, -0.1) is 0 Å². The van der Waals surface area contributed by atoms with Crippen LogP contribution in [0.4, 0.5) is 4.79 Å². The van der Waals surface area contributed by atoms with Gasteiger partial charge in [-0.3, -0.25) is 10.1 Å². The van der Waals surface area contributed by atoms with Crippen molar-refractivity contribution in [1.29, 1.82) is 0 Å². The Bertz CT molecular complexity index is 2190. The number of rotatable bonds is 15. The molecule has 278 valence electrons. The van der Waals surface area contributed by atoms with Gasteiger partial charge < -0.3 is 24.3 Å². The second kappa shape index (κ2) is 17.2. The van der Waals surface area contributed by atoms with Gasteiger partial charge in [0.15, 0.2) is 5.78 Å². The number of ether oxygens (including phenoxy) is 4. The van der Waals surface area contributed by atoms with E-state index < -0.39 is 12.1 Å². The normalized spacial score (nSPS) is 12.9. The minimum absolute atomic E-state index is 0.0757. The van der Waals surface area contributed by atoms with Crippen molar-refractivity contribution in [1.82, 2.24) is 10.6 Å². The highest BCUT2D eigenvalue weighted by atomic mass is 16.5. The molecule has 0 radical (unpaired) electrons. The molecule has 0 heterocycles. The Morgan fingerprint density at radius 1 is 0.636 bits per heavy atom. The molecule has 55 heavy (non-hydrogen) atoms. The summed E-state index contributed by atoms with van der Waals surface area (Å²) in [6, 6.07) is 46.8. The Morgan fingerprint density at radius 3 is 1.87 bits per heavy atom. The first-order valence-electron chi connectivity index (χ1n) is 18.3. The molecule has 1 aliphatic carbocycles. The van der Waals surface area contributed by atoms with Gasteiger partial charge in [-0.25, -0.2) is 4.79 Å². The number of aryl methyl sites for hydroxylation is 1. The quantitative estimate of drug-likeness (QED) is 0.109. The number of carbonyl (C=O) groups is 2. The molecule has 0 aliphatic heterocycles. The van der Waals surface area contributed by atoms with Crippen LogP contribution in [0.1, 0.15) is 56.9 Å². The lowest BCUT2D eigenvalue weighted by Crippen LogP contribution is -2.31. The second-order valence-electron chi connectivity index (χ2n) is 13.5. The topological polar surface area (TPSA) is 95.1 Å². The number of hydrogen-bond donors (Lipinski definition) is 2. The van der Waals surface area contributed by atoms with E-state index >= 15 is 0 Å². The van der Waals surface area contributed by atoms with Gasteiger partial charge in [-0.1, -0.05) is 121 Å². The van der Waals surface area contributed by atoms with Crippen LogP contribution in [0.2, 0.25) is 0 Å². The zero-order valence-electron chi connectivity index (χ0n) is 31.2. The largest absolute Gasteiger partial charge is 0.497 e. The van der Waals surface area contributed by atoms with E-state index in [-0.39, 0.29) is 37.5 Å². The zero-order chi connectivity index (χ0) is 38.1. The highest BCUT2D eigenvalue weighted by Crippen LogP contribution is 2.44. The van der Waals surface area contributed by atoms with Crippen LogP contribution < -0.4 is 24.8 Å². The van der Waals surface area contributed by atoms with E-state index in [1.54, 1.807) is 32.4 Å². The molecule has 8 nitrogen and oxygen atoms in total. The zero-order valence-corrected chi connectivity index (χ0v) is 31.2. The highest BCUT2D eigenvalue weighted by Gasteiger charge is 2.30. The van der Waals surface area contributed by atoms with E-state index in [2.05, 4.69) is 78.2 Å². The SMILES string of the molecule is COc1ccc(C(NC(=O)OCC2c3ccccc3-c3ccccc32)c2ccc(OCC(=O)CNC(c3ccccc3)c3ccc(C)cc3)cc2)c(OC)c1. The van der Waals surface area contributed by atoms with Gasteiger partial charge >= 0.3 is 6.09 Å². The predicted octanol–water partition coefficient (Wildman–Crippen LogP) is 8.97. The lowest BCUT2D eigenvalue weighted by Gasteiger charge is -2.23. The summed E-state index contributed by atoms with van der Waals surface area (Å²) in [6.07, 6.45) is -0.567. The Labute approximate surface area is 322 Å². The first-order valence-corrected chi connectivity index (χ1v) is 18.3. The van der Waals surface area contributed by atoms with Crippen molar-refractivity contribution >= 4 is 11.9 Å². The minimum Gasteiger partial charge on any atom is -0.497 e. The Hall–Kier alpha value is -6.38. The van der Waals surface area contributed by atoms with Gasteiger partial charge in [-0.05, 0) is 70.1 Å². The molecule has 0 bridgehead atoms. The van der Waals surface area contributed by atoms with Gasteiger partial charge in [0.05, 0.1) is 32.8 Å². The van der Waals surface area contributed by atoms with Crippen LogP contribution in [-0.2, 0) is 9.53 Å². The van der Waals surface area contributed by atoms with Crippen molar-refractivity contribution in [2.75, 3.05) is 34.0 Å². The maximum absolute atomic E-state index is 13.6. The molecule has 1 amide bonds. The maximum atomic E-state index is 13.6. The third-order valence-electron chi connectivity index (χ3n) is 10.0. The first-order chi connectivity index (χ1) is 26.9. The van der Waals surface area contributed by atoms with Gasteiger partial charge in [0.1, 0.15) is 30.5 Å². The molecule has 0 saturated heterocycles. The average Bonchev–Trinajstić information content (AvgIpc) is 3.55. The third kappa shape index (κ3) is 8.56.